The van der Waals surface area contributed by atoms with E-state index >= 15 is 0 Å². The molecule has 0 atom stereocenters. The fraction of sp³-hybridized carbons (Fsp3) is 0. The second-order valence-electron chi connectivity index (χ2n) is 2.66. The first-order chi connectivity index (χ1) is 7.19. The van der Waals surface area contributed by atoms with E-state index in [0.29, 0.717) is 11.8 Å². The summed E-state index contributed by atoms with van der Waals surface area (Å²) in [5.41, 5.74) is 0.337. The van der Waals surface area contributed by atoms with Gasteiger partial charge in [0.25, 0.3) is 5.69 Å². The summed E-state index contributed by atoms with van der Waals surface area (Å²) in [5.74, 6) is 0. The number of allylic oxidation sites excluding steroid dienone is 1. The number of nitriles is 1. The van der Waals surface area contributed by atoms with Crippen LogP contribution in [0.3, 0.4) is 0 Å². The van der Waals surface area contributed by atoms with E-state index in [4.69, 9.17) is 5.26 Å². The van der Waals surface area contributed by atoms with Crippen LogP contribution in [0, 0.1) is 21.4 Å². The Hall–Kier alpha value is -2.48. The van der Waals surface area contributed by atoms with E-state index in [2.05, 4.69) is 0 Å². The van der Waals surface area contributed by atoms with E-state index in [9.17, 15) is 14.9 Å². The van der Waals surface area contributed by atoms with E-state index in [1.165, 1.54) is 30.4 Å². The number of carbonyl (C=O) groups is 1. The SMILES string of the molecule is N#CC=Cc1ccc([N+](=O)[O-])c(C=O)c1. The summed E-state index contributed by atoms with van der Waals surface area (Å²) in [5, 5.41) is 18.8. The van der Waals surface area contributed by atoms with Crippen LogP contribution in [0.1, 0.15) is 15.9 Å². The predicted molar refractivity (Wildman–Crippen MR) is 53.1 cm³/mol. The van der Waals surface area contributed by atoms with Gasteiger partial charge in [-0.05, 0) is 23.8 Å². The topological polar surface area (TPSA) is 84.0 Å². The highest BCUT2D eigenvalue weighted by molar-refractivity contribution is 5.82. The Kier molecular flexibility index (Phi) is 3.30. The monoisotopic (exact) mass is 202 g/mol. The number of carbonyl (C=O) groups excluding carboxylic acids is 1. The number of nitrogens with zero attached hydrogens (tertiary/aromatic N) is 2. The number of aldehydes is 1. The minimum atomic E-state index is -0.623. The van der Waals surface area contributed by atoms with Gasteiger partial charge in [0.15, 0.2) is 6.29 Å². The lowest BCUT2D eigenvalue weighted by Gasteiger charge is -1.96. The third-order valence-corrected chi connectivity index (χ3v) is 1.73. The Balaban J connectivity index is 3.20. The number of benzene rings is 1. The van der Waals surface area contributed by atoms with Crippen LogP contribution in [0.2, 0.25) is 0 Å². The second-order valence-corrected chi connectivity index (χ2v) is 2.66. The molecule has 15 heavy (non-hydrogen) atoms. The first-order valence-electron chi connectivity index (χ1n) is 3.99. The molecule has 0 aliphatic heterocycles. The predicted octanol–water partition coefficient (Wildman–Crippen LogP) is 1.94. The van der Waals surface area contributed by atoms with Crippen LogP contribution in [0.25, 0.3) is 6.08 Å². The molecule has 0 saturated carbocycles. The number of nitro benzene ring substituents is 1. The van der Waals surface area contributed by atoms with Crippen molar-refractivity contribution < 1.29 is 9.72 Å². The van der Waals surface area contributed by atoms with Crippen LogP contribution < -0.4 is 0 Å². The maximum atomic E-state index is 10.6. The standard InChI is InChI=1S/C10H6N2O3/c11-5-1-2-8-3-4-10(12(14)15)9(6-8)7-13/h1-4,6-7H. The van der Waals surface area contributed by atoms with Crippen LogP contribution in [-0.4, -0.2) is 11.2 Å². The van der Waals surface area contributed by atoms with Gasteiger partial charge in [0.05, 0.1) is 16.6 Å². The average molecular weight is 202 g/mol. The Labute approximate surface area is 85.4 Å². The van der Waals surface area contributed by atoms with Crippen LogP contribution in [0.5, 0.6) is 0 Å². The molecule has 5 nitrogen and oxygen atoms in total. The number of nitro groups is 1. The van der Waals surface area contributed by atoms with Crippen LogP contribution in [0.15, 0.2) is 24.3 Å². The molecule has 0 aliphatic rings. The van der Waals surface area contributed by atoms with E-state index in [0.717, 1.165) is 0 Å². The van der Waals surface area contributed by atoms with Crippen molar-refractivity contribution in [3.8, 4) is 6.07 Å². The van der Waals surface area contributed by atoms with Gasteiger partial charge in [-0.15, -0.1) is 0 Å². The summed E-state index contributed by atoms with van der Waals surface area (Å²) in [6.07, 6.45) is 3.12. The molecule has 0 aromatic heterocycles. The minimum Gasteiger partial charge on any atom is -0.298 e. The van der Waals surface area contributed by atoms with E-state index in [1.54, 1.807) is 6.07 Å². The maximum absolute atomic E-state index is 10.6. The molecule has 5 heteroatoms. The van der Waals surface area contributed by atoms with E-state index in [1.807, 2.05) is 0 Å². The van der Waals surface area contributed by atoms with Gasteiger partial charge >= 0.3 is 0 Å². The van der Waals surface area contributed by atoms with Crippen molar-refractivity contribution in [3.63, 3.8) is 0 Å². The average Bonchev–Trinajstić information content (AvgIpc) is 2.25. The molecule has 0 N–H and O–H groups in total. The van der Waals surface area contributed by atoms with Gasteiger partial charge in [0, 0.05) is 12.1 Å². The lowest BCUT2D eigenvalue weighted by atomic mass is 10.1. The molecular formula is C10H6N2O3. The van der Waals surface area contributed by atoms with Gasteiger partial charge in [-0.3, -0.25) is 14.9 Å². The summed E-state index contributed by atoms with van der Waals surface area (Å²) < 4.78 is 0. The first kappa shape index (κ1) is 10.6. The zero-order valence-corrected chi connectivity index (χ0v) is 7.58. The highest BCUT2D eigenvalue weighted by atomic mass is 16.6. The van der Waals surface area contributed by atoms with Crippen molar-refractivity contribution in [2.24, 2.45) is 0 Å². The summed E-state index contributed by atoms with van der Waals surface area (Å²) in [7, 11) is 0. The molecule has 0 amide bonds. The van der Waals surface area contributed by atoms with Crippen LogP contribution in [0.4, 0.5) is 5.69 Å². The van der Waals surface area contributed by atoms with Crippen molar-refractivity contribution >= 4 is 18.0 Å². The van der Waals surface area contributed by atoms with Gasteiger partial charge < -0.3 is 0 Å². The number of hydrogen-bond acceptors (Lipinski definition) is 4. The molecule has 0 aliphatic carbocycles. The largest absolute Gasteiger partial charge is 0.298 e. The molecule has 0 saturated heterocycles. The van der Waals surface area contributed by atoms with Gasteiger partial charge in [0.1, 0.15) is 0 Å². The first-order valence-corrected chi connectivity index (χ1v) is 3.99. The number of rotatable bonds is 3. The molecule has 1 aromatic rings. The quantitative estimate of drug-likeness (QED) is 0.324. The van der Waals surface area contributed by atoms with Crippen molar-refractivity contribution in [1.82, 2.24) is 0 Å². The molecule has 0 bridgehead atoms. The van der Waals surface area contributed by atoms with Crippen molar-refractivity contribution in [2.75, 3.05) is 0 Å². The summed E-state index contributed by atoms with van der Waals surface area (Å²) in [6.45, 7) is 0. The summed E-state index contributed by atoms with van der Waals surface area (Å²) >= 11 is 0. The lowest BCUT2D eigenvalue weighted by Crippen LogP contribution is -1.94. The Morgan fingerprint density at radius 1 is 1.47 bits per heavy atom. The zero-order chi connectivity index (χ0) is 11.3. The fourth-order valence-corrected chi connectivity index (χ4v) is 1.07. The van der Waals surface area contributed by atoms with Crippen LogP contribution >= 0.6 is 0 Å². The van der Waals surface area contributed by atoms with Crippen LogP contribution in [-0.2, 0) is 0 Å². The third-order valence-electron chi connectivity index (χ3n) is 1.73. The van der Waals surface area contributed by atoms with Crippen molar-refractivity contribution in [2.45, 2.75) is 0 Å². The normalized spacial score (nSPS) is 9.80. The van der Waals surface area contributed by atoms with Crippen molar-refractivity contribution in [3.05, 3.63) is 45.5 Å². The highest BCUT2D eigenvalue weighted by Gasteiger charge is 2.12. The molecule has 0 fully saturated rings. The maximum Gasteiger partial charge on any atom is 0.279 e. The number of hydrogen-bond donors (Lipinski definition) is 0. The zero-order valence-electron chi connectivity index (χ0n) is 7.58. The molecule has 0 radical (unpaired) electrons. The third kappa shape index (κ3) is 2.48. The van der Waals surface area contributed by atoms with Crippen molar-refractivity contribution in [1.29, 1.82) is 5.26 Å². The Morgan fingerprint density at radius 2 is 2.20 bits per heavy atom. The smallest absolute Gasteiger partial charge is 0.279 e. The molecule has 0 unspecified atom stereocenters. The fourth-order valence-electron chi connectivity index (χ4n) is 1.07. The van der Waals surface area contributed by atoms with Gasteiger partial charge in [-0.2, -0.15) is 5.26 Å². The molecule has 74 valence electrons. The van der Waals surface area contributed by atoms with E-state index < -0.39 is 4.92 Å². The van der Waals surface area contributed by atoms with E-state index in [-0.39, 0.29) is 11.3 Å². The summed E-state index contributed by atoms with van der Waals surface area (Å²) in [6, 6.07) is 5.86. The minimum absolute atomic E-state index is 0.0000831. The lowest BCUT2D eigenvalue weighted by molar-refractivity contribution is -0.385. The second kappa shape index (κ2) is 4.67. The molecule has 0 spiro atoms. The highest BCUT2D eigenvalue weighted by Crippen LogP contribution is 2.18. The van der Waals surface area contributed by atoms with Gasteiger partial charge in [-0.1, -0.05) is 0 Å². The van der Waals surface area contributed by atoms with Gasteiger partial charge in [0.2, 0.25) is 0 Å². The Bertz CT molecular complexity index is 472. The molecule has 1 aromatic carbocycles. The van der Waals surface area contributed by atoms with Gasteiger partial charge in [-0.25, -0.2) is 0 Å². The summed E-state index contributed by atoms with van der Waals surface area (Å²) in [4.78, 5) is 20.4. The Morgan fingerprint density at radius 3 is 2.73 bits per heavy atom. The molecular weight excluding hydrogens is 196 g/mol. The molecule has 0 heterocycles. The molecule has 1 rings (SSSR count).